The van der Waals surface area contributed by atoms with Gasteiger partial charge in [-0.05, 0) is 75.8 Å². The topological polar surface area (TPSA) is 88.3 Å². The summed E-state index contributed by atoms with van der Waals surface area (Å²) in [5, 5.41) is 8.52. The van der Waals surface area contributed by atoms with Gasteiger partial charge in [-0.3, -0.25) is 9.59 Å². The van der Waals surface area contributed by atoms with Gasteiger partial charge in [0.25, 0.3) is 11.8 Å². The molecule has 3 aromatic rings. The van der Waals surface area contributed by atoms with Crippen LogP contribution >= 0.6 is 11.5 Å². The third kappa shape index (κ3) is 5.79. The fraction of sp³-hybridized carbons (Fsp3) is 0.391. The van der Waals surface area contributed by atoms with Crippen LogP contribution in [0.4, 0.5) is 0 Å². The lowest BCUT2D eigenvalue weighted by molar-refractivity contribution is -0.128. The molecule has 3 rings (SSSR count). The van der Waals surface area contributed by atoms with Gasteiger partial charge in [-0.25, -0.2) is 0 Å². The molecule has 0 spiro atoms. The van der Waals surface area contributed by atoms with Crippen LogP contribution in [0.3, 0.4) is 0 Å². The Hall–Kier alpha value is -3.00. The molecule has 0 saturated heterocycles. The number of benzene rings is 1. The van der Waals surface area contributed by atoms with Crippen molar-refractivity contribution in [2.75, 3.05) is 6.54 Å². The molecule has 0 fully saturated rings. The fourth-order valence-electron chi connectivity index (χ4n) is 3.35. The second kappa shape index (κ2) is 9.43. The van der Waals surface area contributed by atoms with E-state index in [1.165, 1.54) is 4.90 Å². The molecule has 0 aliphatic rings. The zero-order chi connectivity index (χ0) is 22.6. The number of furan rings is 1. The first-order valence-corrected chi connectivity index (χ1v) is 11.0. The van der Waals surface area contributed by atoms with Gasteiger partial charge in [0, 0.05) is 17.5 Å². The summed E-state index contributed by atoms with van der Waals surface area (Å²) < 4.78 is 9.64. The van der Waals surface area contributed by atoms with Crippen molar-refractivity contribution in [2.24, 2.45) is 0 Å². The number of carbonyl (C=O) groups is 2. The lowest BCUT2D eigenvalue weighted by Crippen LogP contribution is -2.49. The first-order chi connectivity index (χ1) is 14.7. The first kappa shape index (κ1) is 22.7. The molecule has 2 amide bonds. The molecule has 0 aliphatic carbocycles. The number of hydrogen-bond donors (Lipinski definition) is 1. The molecule has 0 bridgehead atoms. The Morgan fingerprint density at radius 3 is 2.48 bits per heavy atom. The van der Waals surface area contributed by atoms with Crippen LogP contribution in [0.5, 0.6) is 0 Å². The van der Waals surface area contributed by atoms with Crippen molar-refractivity contribution < 1.29 is 14.0 Å². The zero-order valence-corrected chi connectivity index (χ0v) is 19.3. The summed E-state index contributed by atoms with van der Waals surface area (Å²) >= 11 is 1.10. The fourth-order valence-corrected chi connectivity index (χ4v) is 3.78. The van der Waals surface area contributed by atoms with E-state index in [0.717, 1.165) is 22.7 Å². The minimum atomic E-state index is -0.925. The van der Waals surface area contributed by atoms with E-state index in [0.29, 0.717) is 24.5 Å². The SMILES string of the molecule is Cc1ccc(C(C(=O)NC(C)(C)C)N(CCc2ccccc2C)C(=O)c2csnn2)o1. The second-order valence-electron chi connectivity index (χ2n) is 8.56. The highest BCUT2D eigenvalue weighted by Gasteiger charge is 2.36. The molecule has 2 aromatic heterocycles. The average molecular weight is 441 g/mol. The standard InChI is InChI=1S/C23H28N4O3S/c1-15-8-6-7-9-17(15)12-13-27(22(29)18-14-31-26-25-18)20(19-11-10-16(2)30-19)21(28)24-23(3,4)5/h6-11,14,20H,12-13H2,1-5H3,(H,24,28). The van der Waals surface area contributed by atoms with Crippen molar-refractivity contribution in [2.45, 2.75) is 52.6 Å². The molecular weight excluding hydrogens is 412 g/mol. The molecule has 1 N–H and O–H groups in total. The number of carbonyl (C=O) groups excluding carboxylic acids is 2. The van der Waals surface area contributed by atoms with E-state index in [2.05, 4.69) is 14.9 Å². The Morgan fingerprint density at radius 2 is 1.90 bits per heavy atom. The van der Waals surface area contributed by atoms with E-state index in [1.807, 2.05) is 58.9 Å². The summed E-state index contributed by atoms with van der Waals surface area (Å²) in [7, 11) is 0. The highest BCUT2D eigenvalue weighted by Crippen LogP contribution is 2.27. The summed E-state index contributed by atoms with van der Waals surface area (Å²) in [5.41, 5.74) is 1.99. The molecule has 31 heavy (non-hydrogen) atoms. The van der Waals surface area contributed by atoms with Gasteiger partial charge in [0.05, 0.1) is 0 Å². The van der Waals surface area contributed by atoms with E-state index >= 15 is 0 Å². The second-order valence-corrected chi connectivity index (χ2v) is 9.17. The summed E-state index contributed by atoms with van der Waals surface area (Å²) in [6, 6.07) is 10.6. The smallest absolute Gasteiger partial charge is 0.276 e. The minimum absolute atomic E-state index is 0.214. The van der Waals surface area contributed by atoms with Crippen LogP contribution in [0.25, 0.3) is 0 Å². The average Bonchev–Trinajstić information content (AvgIpc) is 3.36. The Labute approximate surface area is 186 Å². The molecule has 0 aliphatic heterocycles. The predicted molar refractivity (Wildman–Crippen MR) is 120 cm³/mol. The Balaban J connectivity index is 2.00. The molecule has 1 unspecified atom stereocenters. The number of rotatable bonds is 7. The highest BCUT2D eigenvalue weighted by molar-refractivity contribution is 7.03. The van der Waals surface area contributed by atoms with Gasteiger partial charge in [0.1, 0.15) is 11.5 Å². The highest BCUT2D eigenvalue weighted by atomic mass is 32.1. The molecular formula is C23H28N4O3S. The number of hydrogen-bond acceptors (Lipinski definition) is 6. The minimum Gasteiger partial charge on any atom is -0.464 e. The van der Waals surface area contributed by atoms with E-state index in [1.54, 1.807) is 17.5 Å². The Morgan fingerprint density at radius 1 is 1.16 bits per heavy atom. The summed E-state index contributed by atoms with van der Waals surface area (Å²) in [5.74, 6) is 0.430. The molecule has 7 nitrogen and oxygen atoms in total. The molecule has 8 heteroatoms. The van der Waals surface area contributed by atoms with Crippen molar-refractivity contribution in [1.29, 1.82) is 0 Å². The maximum atomic E-state index is 13.4. The van der Waals surface area contributed by atoms with Crippen molar-refractivity contribution in [1.82, 2.24) is 19.8 Å². The van der Waals surface area contributed by atoms with Gasteiger partial charge in [-0.15, -0.1) is 5.10 Å². The number of nitrogens with zero attached hydrogens (tertiary/aromatic N) is 3. The van der Waals surface area contributed by atoms with E-state index in [-0.39, 0.29) is 17.5 Å². The molecule has 1 atom stereocenters. The Bertz CT molecular complexity index is 1040. The van der Waals surface area contributed by atoms with E-state index < -0.39 is 11.6 Å². The van der Waals surface area contributed by atoms with Crippen LogP contribution in [0.15, 0.2) is 46.2 Å². The van der Waals surface area contributed by atoms with Crippen molar-refractivity contribution in [3.8, 4) is 0 Å². The normalized spacial score (nSPS) is 12.4. The predicted octanol–water partition coefficient (Wildman–Crippen LogP) is 4.09. The van der Waals surface area contributed by atoms with E-state index in [9.17, 15) is 9.59 Å². The van der Waals surface area contributed by atoms with Crippen LogP contribution in [0.1, 0.15) is 59.9 Å². The van der Waals surface area contributed by atoms with Crippen LogP contribution < -0.4 is 5.32 Å². The number of nitrogens with one attached hydrogen (secondary N) is 1. The third-order valence-electron chi connectivity index (χ3n) is 4.81. The summed E-state index contributed by atoms with van der Waals surface area (Å²) in [4.78, 5) is 28.3. The van der Waals surface area contributed by atoms with Gasteiger partial charge in [0.2, 0.25) is 0 Å². The van der Waals surface area contributed by atoms with Gasteiger partial charge in [-0.2, -0.15) is 0 Å². The monoisotopic (exact) mass is 440 g/mol. The van der Waals surface area contributed by atoms with Gasteiger partial charge < -0.3 is 14.6 Å². The molecule has 0 saturated carbocycles. The molecule has 1 aromatic carbocycles. The quantitative estimate of drug-likeness (QED) is 0.598. The van der Waals surface area contributed by atoms with Crippen LogP contribution in [-0.2, 0) is 11.2 Å². The maximum absolute atomic E-state index is 13.4. The maximum Gasteiger partial charge on any atom is 0.276 e. The largest absolute Gasteiger partial charge is 0.464 e. The summed E-state index contributed by atoms with van der Waals surface area (Å²) in [6.07, 6.45) is 0.592. The number of aryl methyl sites for hydroxylation is 2. The van der Waals surface area contributed by atoms with Crippen molar-refractivity contribution >= 4 is 23.3 Å². The first-order valence-electron chi connectivity index (χ1n) is 10.2. The zero-order valence-electron chi connectivity index (χ0n) is 18.5. The number of amides is 2. The van der Waals surface area contributed by atoms with Crippen molar-refractivity contribution in [3.63, 3.8) is 0 Å². The van der Waals surface area contributed by atoms with Crippen LogP contribution in [-0.4, -0.2) is 38.4 Å². The summed E-state index contributed by atoms with van der Waals surface area (Å²) in [6.45, 7) is 9.87. The van der Waals surface area contributed by atoms with Crippen LogP contribution in [0.2, 0.25) is 0 Å². The van der Waals surface area contributed by atoms with Gasteiger partial charge >= 0.3 is 0 Å². The molecule has 0 radical (unpaired) electrons. The van der Waals surface area contributed by atoms with Gasteiger partial charge in [0.15, 0.2) is 11.7 Å². The van der Waals surface area contributed by atoms with Gasteiger partial charge in [-0.1, -0.05) is 28.8 Å². The third-order valence-corrected chi connectivity index (χ3v) is 5.32. The molecule has 164 valence electrons. The lowest BCUT2D eigenvalue weighted by atomic mass is 10.0. The number of aromatic nitrogens is 2. The van der Waals surface area contributed by atoms with E-state index in [4.69, 9.17) is 4.42 Å². The van der Waals surface area contributed by atoms with Crippen LogP contribution in [0, 0.1) is 13.8 Å². The van der Waals surface area contributed by atoms with Crippen molar-refractivity contribution in [3.05, 3.63) is 70.1 Å². The molecule has 2 heterocycles. The Kier molecular flexibility index (Phi) is 6.90. The lowest BCUT2D eigenvalue weighted by Gasteiger charge is -2.32.